The number of carbonyl (C=O) groups is 1. The largest absolute Gasteiger partial charge is 0.459 e. The first-order valence-electron chi connectivity index (χ1n) is 8.16. The molecule has 0 aromatic carbocycles. The summed E-state index contributed by atoms with van der Waals surface area (Å²) in [5.41, 5.74) is 0.0835. The summed E-state index contributed by atoms with van der Waals surface area (Å²) in [7, 11) is -3.19. The monoisotopic (exact) mass is 367 g/mol. The smallest absolute Gasteiger partial charge is 0.294 e. The molecule has 2 aromatic heterocycles. The van der Waals surface area contributed by atoms with Crippen molar-refractivity contribution < 1.29 is 17.6 Å². The molecule has 3 rings (SSSR count). The summed E-state index contributed by atoms with van der Waals surface area (Å²) < 4.78 is 31.0. The number of sulfonamides is 1. The lowest BCUT2D eigenvalue weighted by Crippen LogP contribution is -2.43. The molecule has 0 saturated carbocycles. The highest BCUT2D eigenvalue weighted by atomic mass is 32.2. The van der Waals surface area contributed by atoms with Crippen LogP contribution >= 0.6 is 0 Å². The van der Waals surface area contributed by atoms with Gasteiger partial charge < -0.3 is 14.3 Å². The first kappa shape index (κ1) is 17.7. The zero-order valence-electron chi connectivity index (χ0n) is 14.0. The minimum atomic E-state index is -3.19. The number of hydrogen-bond acceptors (Lipinski definition) is 5. The maximum Gasteiger partial charge on any atom is 0.294 e. The summed E-state index contributed by atoms with van der Waals surface area (Å²) in [5.74, 6) is -0.289. The fourth-order valence-corrected chi connectivity index (χ4v) is 3.94. The highest BCUT2D eigenvalue weighted by Crippen LogP contribution is 2.19. The van der Waals surface area contributed by atoms with Crippen LogP contribution in [0.5, 0.6) is 0 Å². The fraction of sp³-hybridized carbons (Fsp3) is 0.500. The van der Waals surface area contributed by atoms with Gasteiger partial charge in [0.05, 0.1) is 12.5 Å². The van der Waals surface area contributed by atoms with Crippen molar-refractivity contribution >= 4 is 26.9 Å². The SMILES string of the molecule is CS(=O)(=O)N1CCC(C(=O)NCCn2ccc3ccoc3c2=O)CC1. The Hall–Kier alpha value is -2.13. The van der Waals surface area contributed by atoms with Crippen molar-refractivity contribution in [3.63, 3.8) is 0 Å². The Morgan fingerprint density at radius 3 is 2.72 bits per heavy atom. The first-order valence-corrected chi connectivity index (χ1v) is 10.0. The third-order valence-corrected chi connectivity index (χ3v) is 5.83. The number of amides is 1. The van der Waals surface area contributed by atoms with Crippen molar-refractivity contribution in [1.29, 1.82) is 0 Å². The molecule has 25 heavy (non-hydrogen) atoms. The lowest BCUT2D eigenvalue weighted by atomic mass is 9.97. The third kappa shape index (κ3) is 3.93. The molecule has 3 heterocycles. The van der Waals surface area contributed by atoms with Gasteiger partial charge >= 0.3 is 0 Å². The zero-order chi connectivity index (χ0) is 18.0. The van der Waals surface area contributed by atoms with Gasteiger partial charge in [0.25, 0.3) is 5.56 Å². The summed E-state index contributed by atoms with van der Waals surface area (Å²) >= 11 is 0. The van der Waals surface area contributed by atoms with Gasteiger partial charge in [0.15, 0.2) is 5.58 Å². The Morgan fingerprint density at radius 1 is 1.32 bits per heavy atom. The molecule has 1 saturated heterocycles. The summed E-state index contributed by atoms with van der Waals surface area (Å²) in [6.07, 6.45) is 5.35. The van der Waals surface area contributed by atoms with E-state index in [1.165, 1.54) is 21.4 Å². The molecule has 0 atom stereocenters. The van der Waals surface area contributed by atoms with Gasteiger partial charge in [-0.2, -0.15) is 0 Å². The number of rotatable bonds is 5. The average molecular weight is 367 g/mol. The number of nitrogens with one attached hydrogen (secondary N) is 1. The quantitative estimate of drug-likeness (QED) is 0.823. The molecule has 1 aliphatic rings. The standard InChI is InChI=1S/C16H21N3O5S/c1-25(22,23)19-8-3-13(4-9-19)15(20)17-6-10-18-7-2-12-5-11-24-14(12)16(18)21/h2,5,7,11,13H,3-4,6,8-10H2,1H3,(H,17,20). The van der Waals surface area contributed by atoms with Gasteiger partial charge in [0.1, 0.15) is 0 Å². The maximum absolute atomic E-state index is 12.2. The van der Waals surface area contributed by atoms with Crippen molar-refractivity contribution in [2.75, 3.05) is 25.9 Å². The van der Waals surface area contributed by atoms with Gasteiger partial charge in [-0.3, -0.25) is 9.59 Å². The van der Waals surface area contributed by atoms with Gasteiger partial charge in [-0.15, -0.1) is 0 Å². The molecule has 1 N–H and O–H groups in total. The molecule has 0 radical (unpaired) electrons. The second-order valence-corrected chi connectivity index (χ2v) is 8.23. The van der Waals surface area contributed by atoms with E-state index in [1.54, 1.807) is 18.3 Å². The molecule has 0 unspecified atom stereocenters. The Bertz CT molecular complexity index is 923. The van der Waals surface area contributed by atoms with Crippen LogP contribution in [0, 0.1) is 5.92 Å². The van der Waals surface area contributed by atoms with Crippen LogP contribution < -0.4 is 10.9 Å². The lowest BCUT2D eigenvalue weighted by molar-refractivity contribution is -0.126. The molecular formula is C16H21N3O5S. The molecule has 0 bridgehead atoms. The van der Waals surface area contributed by atoms with Crippen LogP contribution in [0.2, 0.25) is 0 Å². The van der Waals surface area contributed by atoms with E-state index in [9.17, 15) is 18.0 Å². The summed E-state index contributed by atoms with van der Waals surface area (Å²) in [6.45, 7) is 1.41. The van der Waals surface area contributed by atoms with Gasteiger partial charge in [0.2, 0.25) is 15.9 Å². The highest BCUT2D eigenvalue weighted by molar-refractivity contribution is 7.88. The van der Waals surface area contributed by atoms with E-state index in [-0.39, 0.29) is 17.4 Å². The summed E-state index contributed by atoms with van der Waals surface area (Å²) in [6, 6.07) is 3.52. The topological polar surface area (TPSA) is 102 Å². The average Bonchev–Trinajstić information content (AvgIpc) is 3.05. The Labute approximate surface area is 145 Å². The summed E-state index contributed by atoms with van der Waals surface area (Å²) in [5, 5.41) is 3.58. The van der Waals surface area contributed by atoms with Crippen molar-refractivity contribution in [2.45, 2.75) is 19.4 Å². The molecular weight excluding hydrogens is 346 g/mol. The molecule has 2 aromatic rings. The second kappa shape index (κ2) is 7.01. The van der Waals surface area contributed by atoms with Crippen LogP contribution in [0.15, 0.2) is 33.8 Å². The van der Waals surface area contributed by atoms with E-state index < -0.39 is 10.0 Å². The molecule has 9 heteroatoms. The van der Waals surface area contributed by atoms with Crippen LogP contribution in [-0.2, 0) is 21.4 Å². The molecule has 136 valence electrons. The van der Waals surface area contributed by atoms with Crippen LogP contribution in [0.3, 0.4) is 0 Å². The van der Waals surface area contributed by atoms with E-state index in [0.29, 0.717) is 44.6 Å². The molecule has 1 aliphatic heterocycles. The van der Waals surface area contributed by atoms with Crippen molar-refractivity contribution in [1.82, 2.24) is 14.2 Å². The van der Waals surface area contributed by atoms with Crippen molar-refractivity contribution in [2.24, 2.45) is 5.92 Å². The van der Waals surface area contributed by atoms with Crippen molar-refractivity contribution in [3.05, 3.63) is 34.9 Å². The Kier molecular flexibility index (Phi) is 4.96. The maximum atomic E-state index is 12.2. The number of nitrogens with zero attached hydrogens (tertiary/aromatic N) is 2. The van der Waals surface area contributed by atoms with E-state index in [1.807, 2.05) is 0 Å². The van der Waals surface area contributed by atoms with E-state index in [4.69, 9.17) is 4.42 Å². The number of pyridine rings is 1. The van der Waals surface area contributed by atoms with E-state index >= 15 is 0 Å². The molecule has 1 amide bonds. The number of carbonyl (C=O) groups excluding carboxylic acids is 1. The van der Waals surface area contributed by atoms with Gasteiger partial charge in [0, 0.05) is 43.7 Å². The second-order valence-electron chi connectivity index (χ2n) is 6.25. The number of fused-ring (bicyclic) bond motifs is 1. The number of furan rings is 1. The molecule has 8 nitrogen and oxygen atoms in total. The predicted octanol–water partition coefficient (Wildman–Crippen LogP) is 0.382. The van der Waals surface area contributed by atoms with E-state index in [2.05, 4.69) is 5.32 Å². The lowest BCUT2D eigenvalue weighted by Gasteiger charge is -2.29. The minimum Gasteiger partial charge on any atom is -0.459 e. The normalized spacial score (nSPS) is 17.0. The van der Waals surface area contributed by atoms with Crippen LogP contribution in [-0.4, -0.2) is 49.1 Å². The number of piperidine rings is 1. The fourth-order valence-electron chi connectivity index (χ4n) is 3.06. The van der Waals surface area contributed by atoms with Gasteiger partial charge in [-0.25, -0.2) is 12.7 Å². The number of hydrogen-bond donors (Lipinski definition) is 1. The first-order chi connectivity index (χ1) is 11.9. The molecule has 1 fully saturated rings. The van der Waals surface area contributed by atoms with Gasteiger partial charge in [-0.1, -0.05) is 0 Å². The minimum absolute atomic E-state index is 0.0970. The third-order valence-electron chi connectivity index (χ3n) is 4.53. The number of aromatic nitrogens is 1. The highest BCUT2D eigenvalue weighted by Gasteiger charge is 2.28. The predicted molar refractivity (Wildman–Crippen MR) is 92.6 cm³/mol. The zero-order valence-corrected chi connectivity index (χ0v) is 14.8. The summed E-state index contributed by atoms with van der Waals surface area (Å²) in [4.78, 5) is 24.4. The van der Waals surface area contributed by atoms with Crippen molar-refractivity contribution in [3.8, 4) is 0 Å². The van der Waals surface area contributed by atoms with Crippen LogP contribution in [0.1, 0.15) is 12.8 Å². The molecule has 0 spiro atoms. The van der Waals surface area contributed by atoms with E-state index in [0.717, 1.165) is 5.39 Å². The Morgan fingerprint density at radius 2 is 2.04 bits per heavy atom. The van der Waals surface area contributed by atoms with Crippen LogP contribution in [0.25, 0.3) is 11.0 Å². The Balaban J connectivity index is 1.51. The van der Waals surface area contributed by atoms with Crippen LogP contribution in [0.4, 0.5) is 0 Å². The van der Waals surface area contributed by atoms with Gasteiger partial charge in [-0.05, 0) is 25.0 Å². The molecule has 0 aliphatic carbocycles.